The van der Waals surface area contributed by atoms with E-state index in [1.165, 1.54) is 0 Å². The van der Waals surface area contributed by atoms with Gasteiger partial charge in [0.15, 0.2) is 0 Å². The van der Waals surface area contributed by atoms with E-state index in [4.69, 9.17) is 4.74 Å². The Morgan fingerprint density at radius 1 is 1.41 bits per heavy atom. The zero-order valence-corrected chi connectivity index (χ0v) is 11.7. The lowest BCUT2D eigenvalue weighted by molar-refractivity contribution is -0.132. The van der Waals surface area contributed by atoms with Gasteiger partial charge in [0.25, 0.3) is 0 Å². The molecule has 1 aliphatic heterocycles. The molecule has 3 nitrogen and oxygen atoms in total. The third-order valence-corrected chi connectivity index (χ3v) is 3.57. The molecule has 1 amide bonds. The quantitative estimate of drug-likeness (QED) is 0.715. The van der Waals surface area contributed by atoms with Crippen LogP contribution in [0.4, 0.5) is 0 Å². The molecule has 0 N–H and O–H groups in total. The molecule has 1 saturated heterocycles. The molecule has 0 aromatic heterocycles. The molecule has 1 fully saturated rings. The first kappa shape index (κ1) is 14.5. The van der Waals surface area contributed by atoms with E-state index in [9.17, 15) is 4.79 Å². The van der Waals surface area contributed by atoms with Crippen LogP contribution >= 0.6 is 0 Å². The van der Waals surface area contributed by atoms with E-state index in [0.29, 0.717) is 24.5 Å². The van der Waals surface area contributed by atoms with Crippen molar-refractivity contribution in [2.24, 2.45) is 5.92 Å². The average Bonchev–Trinajstić information content (AvgIpc) is 2.76. The smallest absolute Gasteiger partial charge is 0.222 e. The largest absolute Gasteiger partial charge is 0.378 e. The standard InChI is InChI=1S/C14H27NO2/c1-11(2)10-12(3)15(4)14(16)8-7-13-6-5-9-17-13/h11-13H,5-10H2,1-4H3. The van der Waals surface area contributed by atoms with E-state index in [1.807, 2.05) is 11.9 Å². The lowest BCUT2D eigenvalue weighted by Gasteiger charge is -2.26. The van der Waals surface area contributed by atoms with Gasteiger partial charge in [-0.3, -0.25) is 4.79 Å². The summed E-state index contributed by atoms with van der Waals surface area (Å²) in [6.45, 7) is 7.39. The van der Waals surface area contributed by atoms with Crippen LogP contribution in [-0.4, -0.2) is 36.6 Å². The highest BCUT2D eigenvalue weighted by molar-refractivity contribution is 5.76. The lowest BCUT2D eigenvalue weighted by atomic mass is 10.0. The zero-order chi connectivity index (χ0) is 12.8. The van der Waals surface area contributed by atoms with Crippen molar-refractivity contribution in [1.29, 1.82) is 0 Å². The fourth-order valence-corrected chi connectivity index (χ4v) is 2.42. The average molecular weight is 241 g/mol. The Bertz CT molecular complexity index is 234. The maximum absolute atomic E-state index is 12.0. The summed E-state index contributed by atoms with van der Waals surface area (Å²) in [5.74, 6) is 0.895. The van der Waals surface area contributed by atoms with Crippen molar-refractivity contribution in [2.75, 3.05) is 13.7 Å². The first-order valence-corrected chi connectivity index (χ1v) is 6.88. The second kappa shape index (κ2) is 7.00. The van der Waals surface area contributed by atoms with Crippen LogP contribution in [0.25, 0.3) is 0 Å². The molecule has 100 valence electrons. The highest BCUT2D eigenvalue weighted by Crippen LogP contribution is 2.18. The van der Waals surface area contributed by atoms with Crippen molar-refractivity contribution in [3.63, 3.8) is 0 Å². The van der Waals surface area contributed by atoms with Crippen molar-refractivity contribution >= 4 is 5.91 Å². The Kier molecular flexibility index (Phi) is 5.96. The minimum absolute atomic E-state index is 0.258. The van der Waals surface area contributed by atoms with Gasteiger partial charge in [-0.1, -0.05) is 13.8 Å². The SMILES string of the molecule is CC(C)CC(C)N(C)C(=O)CCC1CCCO1. The van der Waals surface area contributed by atoms with Gasteiger partial charge >= 0.3 is 0 Å². The third kappa shape index (κ3) is 5.07. The number of carbonyl (C=O) groups is 1. The molecule has 0 spiro atoms. The number of nitrogens with zero attached hydrogens (tertiary/aromatic N) is 1. The van der Waals surface area contributed by atoms with Crippen molar-refractivity contribution < 1.29 is 9.53 Å². The first-order valence-electron chi connectivity index (χ1n) is 6.88. The summed E-state index contributed by atoms with van der Waals surface area (Å²) in [5.41, 5.74) is 0. The van der Waals surface area contributed by atoms with Gasteiger partial charge in [0.1, 0.15) is 0 Å². The molecule has 0 saturated carbocycles. The Labute approximate surface area is 106 Å². The molecular formula is C14H27NO2. The molecule has 0 bridgehead atoms. The number of ether oxygens (including phenoxy) is 1. The molecule has 3 heteroatoms. The number of carbonyl (C=O) groups excluding carboxylic acids is 1. The fourth-order valence-electron chi connectivity index (χ4n) is 2.42. The molecule has 17 heavy (non-hydrogen) atoms. The second-order valence-electron chi connectivity index (χ2n) is 5.66. The Balaban J connectivity index is 2.25. The summed E-state index contributed by atoms with van der Waals surface area (Å²) in [7, 11) is 1.92. The lowest BCUT2D eigenvalue weighted by Crippen LogP contribution is -2.36. The molecule has 0 aromatic carbocycles. The van der Waals surface area contributed by atoms with Crippen LogP contribution in [0.2, 0.25) is 0 Å². The molecular weight excluding hydrogens is 214 g/mol. The summed E-state index contributed by atoms with van der Waals surface area (Å²) in [4.78, 5) is 13.9. The molecule has 2 atom stereocenters. The van der Waals surface area contributed by atoms with Crippen molar-refractivity contribution in [3.8, 4) is 0 Å². The summed E-state index contributed by atoms with van der Waals surface area (Å²) in [6.07, 6.45) is 5.19. The van der Waals surface area contributed by atoms with Gasteiger partial charge in [0.05, 0.1) is 6.10 Å². The van der Waals surface area contributed by atoms with E-state index >= 15 is 0 Å². The van der Waals surface area contributed by atoms with Crippen molar-refractivity contribution in [3.05, 3.63) is 0 Å². The molecule has 1 rings (SSSR count). The molecule has 1 aliphatic rings. The number of rotatable bonds is 6. The first-order chi connectivity index (χ1) is 8.00. The van der Waals surface area contributed by atoms with Crippen LogP contribution in [0.1, 0.15) is 52.9 Å². The number of amides is 1. The van der Waals surface area contributed by atoms with Crippen LogP contribution in [0.3, 0.4) is 0 Å². The van der Waals surface area contributed by atoms with Crippen LogP contribution in [0, 0.1) is 5.92 Å². The van der Waals surface area contributed by atoms with Crippen molar-refractivity contribution in [1.82, 2.24) is 4.90 Å². The minimum Gasteiger partial charge on any atom is -0.378 e. The van der Waals surface area contributed by atoms with Crippen LogP contribution in [0.15, 0.2) is 0 Å². The van der Waals surface area contributed by atoms with Crippen LogP contribution in [-0.2, 0) is 9.53 Å². The molecule has 2 unspecified atom stereocenters. The highest BCUT2D eigenvalue weighted by Gasteiger charge is 2.20. The van der Waals surface area contributed by atoms with Gasteiger partial charge in [0.2, 0.25) is 5.91 Å². The normalized spacial score (nSPS) is 21.8. The van der Waals surface area contributed by atoms with Gasteiger partial charge in [-0.15, -0.1) is 0 Å². The number of hydrogen-bond acceptors (Lipinski definition) is 2. The van der Waals surface area contributed by atoms with E-state index in [-0.39, 0.29) is 5.91 Å². The highest BCUT2D eigenvalue weighted by atomic mass is 16.5. The summed E-state index contributed by atoms with van der Waals surface area (Å²) in [5, 5.41) is 0. The predicted molar refractivity (Wildman–Crippen MR) is 69.9 cm³/mol. The van der Waals surface area contributed by atoms with E-state index in [2.05, 4.69) is 20.8 Å². The predicted octanol–water partition coefficient (Wildman–Crippen LogP) is 2.84. The maximum Gasteiger partial charge on any atom is 0.222 e. The summed E-state index contributed by atoms with van der Waals surface area (Å²) in [6, 6.07) is 0.340. The maximum atomic E-state index is 12.0. The van der Waals surface area contributed by atoms with Crippen LogP contribution < -0.4 is 0 Å². The zero-order valence-electron chi connectivity index (χ0n) is 11.7. The molecule has 0 aromatic rings. The van der Waals surface area contributed by atoms with Gasteiger partial charge in [-0.25, -0.2) is 0 Å². The minimum atomic E-state index is 0.258. The van der Waals surface area contributed by atoms with Gasteiger partial charge in [-0.05, 0) is 38.5 Å². The topological polar surface area (TPSA) is 29.5 Å². The second-order valence-corrected chi connectivity index (χ2v) is 5.66. The number of hydrogen-bond donors (Lipinski definition) is 0. The Hall–Kier alpha value is -0.570. The summed E-state index contributed by atoms with van der Waals surface area (Å²) >= 11 is 0. The monoisotopic (exact) mass is 241 g/mol. The van der Waals surface area contributed by atoms with Gasteiger partial charge < -0.3 is 9.64 Å². The molecule has 0 radical (unpaired) electrons. The Morgan fingerprint density at radius 3 is 2.65 bits per heavy atom. The molecule has 0 aliphatic carbocycles. The van der Waals surface area contributed by atoms with Gasteiger partial charge in [-0.2, -0.15) is 0 Å². The molecule has 1 heterocycles. The van der Waals surface area contributed by atoms with E-state index < -0.39 is 0 Å². The third-order valence-electron chi connectivity index (χ3n) is 3.57. The van der Waals surface area contributed by atoms with Crippen LogP contribution in [0.5, 0.6) is 0 Å². The Morgan fingerprint density at radius 2 is 2.12 bits per heavy atom. The van der Waals surface area contributed by atoms with E-state index in [1.54, 1.807) is 0 Å². The fraction of sp³-hybridized carbons (Fsp3) is 0.929. The summed E-state index contributed by atoms with van der Waals surface area (Å²) < 4.78 is 5.54. The van der Waals surface area contributed by atoms with Crippen molar-refractivity contribution in [2.45, 2.75) is 65.0 Å². The van der Waals surface area contributed by atoms with Gasteiger partial charge in [0, 0.05) is 26.1 Å². The van der Waals surface area contributed by atoms with E-state index in [0.717, 1.165) is 32.3 Å².